The van der Waals surface area contributed by atoms with E-state index >= 15 is 0 Å². The number of furan rings is 1. The van der Waals surface area contributed by atoms with Gasteiger partial charge in [-0.3, -0.25) is 4.68 Å². The zero-order valence-corrected chi connectivity index (χ0v) is 12.7. The first-order valence-electron chi connectivity index (χ1n) is 7.37. The van der Waals surface area contributed by atoms with E-state index in [1.54, 1.807) is 17.3 Å². The molecule has 1 aliphatic rings. The second kappa shape index (κ2) is 5.81. The van der Waals surface area contributed by atoms with Crippen molar-refractivity contribution in [1.82, 2.24) is 14.8 Å². The molecule has 2 heterocycles. The third-order valence-corrected chi connectivity index (χ3v) is 4.99. The van der Waals surface area contributed by atoms with E-state index in [1.807, 2.05) is 12.1 Å². The van der Waals surface area contributed by atoms with Gasteiger partial charge in [0.1, 0.15) is 24.0 Å². The van der Waals surface area contributed by atoms with Crippen LogP contribution in [-0.4, -0.2) is 30.3 Å². The maximum Gasteiger partial charge on any atom is 0.137 e. The summed E-state index contributed by atoms with van der Waals surface area (Å²) >= 11 is 6.52. The highest BCUT2D eigenvalue weighted by Crippen LogP contribution is 2.53. The Kier molecular flexibility index (Phi) is 4.04. The average molecular weight is 310 g/mol. The summed E-state index contributed by atoms with van der Waals surface area (Å²) in [4.78, 5) is 3.43. The number of alkyl halides is 1. The molecule has 1 N–H and O–H groups in total. The molecule has 6 heteroatoms. The molecule has 5 nitrogen and oxygen atoms in total. The summed E-state index contributed by atoms with van der Waals surface area (Å²) in [6, 6.07) is 3.87. The maximum absolute atomic E-state index is 11.0. The third-order valence-electron chi connectivity index (χ3n) is 4.26. The molecule has 2 aromatic rings. The van der Waals surface area contributed by atoms with Gasteiger partial charge in [-0.2, -0.15) is 5.10 Å². The van der Waals surface area contributed by atoms with Crippen molar-refractivity contribution in [3.8, 4) is 0 Å². The zero-order valence-electron chi connectivity index (χ0n) is 11.9. The molecule has 0 amide bonds. The van der Waals surface area contributed by atoms with Gasteiger partial charge in [0.2, 0.25) is 0 Å². The van der Waals surface area contributed by atoms with Crippen LogP contribution in [0.3, 0.4) is 0 Å². The Hall–Kier alpha value is -1.33. The highest BCUT2D eigenvalue weighted by molar-refractivity contribution is 6.26. The Morgan fingerprint density at radius 2 is 2.29 bits per heavy atom. The maximum atomic E-state index is 11.0. The molecule has 0 saturated heterocycles. The summed E-state index contributed by atoms with van der Waals surface area (Å²) < 4.78 is 6.98. The second-order valence-corrected chi connectivity index (χ2v) is 6.60. The molecule has 0 bridgehead atoms. The minimum atomic E-state index is -0.925. The summed E-state index contributed by atoms with van der Waals surface area (Å²) in [7, 11) is 0. The number of aliphatic hydroxyl groups is 1. The molecular formula is C15H20ClN3O2. The van der Waals surface area contributed by atoms with Crippen molar-refractivity contribution in [1.29, 1.82) is 0 Å². The zero-order chi connectivity index (χ0) is 14.8. The van der Waals surface area contributed by atoms with Gasteiger partial charge in [0.05, 0.1) is 17.7 Å². The van der Waals surface area contributed by atoms with Crippen LogP contribution in [0.2, 0.25) is 0 Å². The molecule has 1 unspecified atom stereocenters. The monoisotopic (exact) mass is 309 g/mol. The largest absolute Gasteiger partial charge is 0.469 e. The molecule has 1 fully saturated rings. The predicted molar refractivity (Wildman–Crippen MR) is 79.1 cm³/mol. The lowest BCUT2D eigenvalue weighted by Crippen LogP contribution is -2.45. The van der Waals surface area contributed by atoms with Crippen LogP contribution in [0.1, 0.15) is 37.9 Å². The third kappa shape index (κ3) is 3.30. The van der Waals surface area contributed by atoms with Crippen LogP contribution in [0.4, 0.5) is 0 Å². The molecular weight excluding hydrogens is 290 g/mol. The lowest BCUT2D eigenvalue weighted by Gasteiger charge is -2.33. The van der Waals surface area contributed by atoms with Crippen LogP contribution in [0.25, 0.3) is 0 Å². The molecule has 0 spiro atoms. The first-order chi connectivity index (χ1) is 10.1. The van der Waals surface area contributed by atoms with Crippen molar-refractivity contribution in [2.75, 3.05) is 0 Å². The summed E-state index contributed by atoms with van der Waals surface area (Å²) in [5, 5.41) is 15.1. The molecule has 1 atom stereocenters. The standard InChI is InChI=1S/C15H20ClN3O2/c16-14(7-8-14)15(20,10-19-12-17-11-18-19)6-2-1-4-13-5-3-9-21-13/h3,5,9,11-12,20H,1-2,4,6-8,10H2. The Bertz CT molecular complexity index is 552. The number of hydrogen-bond acceptors (Lipinski definition) is 4. The van der Waals surface area contributed by atoms with Crippen LogP contribution < -0.4 is 0 Å². The molecule has 0 aliphatic heterocycles. The number of nitrogens with zero attached hydrogens (tertiary/aromatic N) is 3. The van der Waals surface area contributed by atoms with Gasteiger partial charge in [-0.05, 0) is 37.8 Å². The van der Waals surface area contributed by atoms with Crippen molar-refractivity contribution < 1.29 is 9.52 Å². The van der Waals surface area contributed by atoms with Crippen LogP contribution >= 0.6 is 11.6 Å². The average Bonchev–Trinajstić information content (AvgIpc) is 2.90. The van der Waals surface area contributed by atoms with E-state index in [4.69, 9.17) is 16.0 Å². The quantitative estimate of drug-likeness (QED) is 0.601. The molecule has 2 aromatic heterocycles. The minimum Gasteiger partial charge on any atom is -0.469 e. The minimum absolute atomic E-state index is 0.400. The Labute approximate surface area is 128 Å². The number of halogens is 1. The topological polar surface area (TPSA) is 64.1 Å². The molecule has 0 aromatic carbocycles. The van der Waals surface area contributed by atoms with Gasteiger partial charge < -0.3 is 9.52 Å². The van der Waals surface area contributed by atoms with Crippen molar-refractivity contribution in [2.45, 2.75) is 55.5 Å². The Morgan fingerprint density at radius 1 is 1.43 bits per heavy atom. The van der Waals surface area contributed by atoms with Gasteiger partial charge in [-0.1, -0.05) is 6.42 Å². The van der Waals surface area contributed by atoms with Gasteiger partial charge in [-0.25, -0.2) is 4.98 Å². The number of aromatic nitrogens is 3. The van der Waals surface area contributed by atoms with Crippen molar-refractivity contribution in [2.24, 2.45) is 0 Å². The number of unbranched alkanes of at least 4 members (excludes halogenated alkanes) is 1. The first-order valence-corrected chi connectivity index (χ1v) is 7.75. The molecule has 114 valence electrons. The second-order valence-electron chi connectivity index (χ2n) is 5.88. The lowest BCUT2D eigenvalue weighted by atomic mass is 9.90. The van der Waals surface area contributed by atoms with E-state index in [1.165, 1.54) is 6.33 Å². The fourth-order valence-electron chi connectivity index (χ4n) is 2.77. The van der Waals surface area contributed by atoms with Crippen LogP contribution in [-0.2, 0) is 13.0 Å². The van der Waals surface area contributed by atoms with Crippen molar-refractivity contribution in [3.63, 3.8) is 0 Å². The summed E-state index contributed by atoms with van der Waals surface area (Å²) in [6.45, 7) is 0.400. The number of rotatable bonds is 8. The van der Waals surface area contributed by atoms with Gasteiger partial charge >= 0.3 is 0 Å². The molecule has 0 radical (unpaired) electrons. The molecule has 1 aliphatic carbocycles. The van der Waals surface area contributed by atoms with Gasteiger partial charge in [-0.15, -0.1) is 11.6 Å². The van der Waals surface area contributed by atoms with Crippen molar-refractivity contribution >= 4 is 11.6 Å². The predicted octanol–water partition coefficient (Wildman–Crippen LogP) is 2.79. The molecule has 3 rings (SSSR count). The van der Waals surface area contributed by atoms with Crippen LogP contribution in [0.5, 0.6) is 0 Å². The Morgan fingerprint density at radius 3 is 2.90 bits per heavy atom. The van der Waals surface area contributed by atoms with E-state index in [2.05, 4.69) is 10.1 Å². The summed E-state index contributed by atoms with van der Waals surface area (Å²) in [5.74, 6) is 0.988. The summed E-state index contributed by atoms with van der Waals surface area (Å²) in [5.41, 5.74) is -0.925. The van der Waals surface area contributed by atoms with Gasteiger partial charge in [0, 0.05) is 6.42 Å². The van der Waals surface area contributed by atoms with E-state index < -0.39 is 10.5 Å². The highest BCUT2D eigenvalue weighted by Gasteiger charge is 2.57. The van der Waals surface area contributed by atoms with E-state index in [0.29, 0.717) is 13.0 Å². The molecule has 21 heavy (non-hydrogen) atoms. The van der Waals surface area contributed by atoms with E-state index in [9.17, 15) is 5.11 Å². The first kappa shape index (κ1) is 14.6. The smallest absolute Gasteiger partial charge is 0.137 e. The van der Waals surface area contributed by atoms with Crippen LogP contribution in [0, 0.1) is 0 Å². The fourth-order valence-corrected chi connectivity index (χ4v) is 3.02. The van der Waals surface area contributed by atoms with E-state index in [-0.39, 0.29) is 0 Å². The van der Waals surface area contributed by atoms with Crippen LogP contribution in [0.15, 0.2) is 35.5 Å². The lowest BCUT2D eigenvalue weighted by molar-refractivity contribution is -0.00291. The van der Waals surface area contributed by atoms with Gasteiger partial charge in [0.15, 0.2) is 0 Å². The SMILES string of the molecule is OC(CCCCc1ccco1)(Cn1cncn1)C1(Cl)CC1. The Balaban J connectivity index is 1.55. The highest BCUT2D eigenvalue weighted by atomic mass is 35.5. The normalized spacial score (nSPS) is 19.3. The van der Waals surface area contributed by atoms with E-state index in [0.717, 1.165) is 37.9 Å². The number of hydrogen-bond donors (Lipinski definition) is 1. The number of aryl methyl sites for hydroxylation is 1. The van der Waals surface area contributed by atoms with Crippen molar-refractivity contribution in [3.05, 3.63) is 36.8 Å². The molecule has 1 saturated carbocycles. The van der Waals surface area contributed by atoms with Gasteiger partial charge in [0.25, 0.3) is 0 Å². The fraction of sp³-hybridized carbons (Fsp3) is 0.600. The summed E-state index contributed by atoms with van der Waals surface area (Å²) in [6.07, 6.45) is 9.94.